The second-order valence-electron chi connectivity index (χ2n) is 5.18. The van der Waals surface area contributed by atoms with Crippen molar-refractivity contribution in [2.75, 3.05) is 0 Å². The predicted octanol–water partition coefficient (Wildman–Crippen LogP) is 3.39. The minimum atomic E-state index is 0.441. The lowest BCUT2D eigenvalue weighted by atomic mass is 9.60. The summed E-state index contributed by atoms with van der Waals surface area (Å²) >= 11 is 0. The van der Waals surface area contributed by atoms with Crippen LogP contribution in [0, 0.1) is 17.3 Å². The molecule has 0 aromatic rings. The van der Waals surface area contributed by atoms with Gasteiger partial charge in [0.1, 0.15) is 0 Å². The van der Waals surface area contributed by atoms with Gasteiger partial charge in [-0.05, 0) is 36.5 Å². The molecule has 0 aliphatic heterocycles. The molecule has 0 nitrogen and oxygen atoms in total. The monoisotopic (exact) mass is 150 g/mol. The Hall–Kier alpha value is -0.260. The van der Waals surface area contributed by atoms with Crippen molar-refractivity contribution >= 4 is 0 Å². The van der Waals surface area contributed by atoms with Crippen LogP contribution in [-0.4, -0.2) is 0 Å². The van der Waals surface area contributed by atoms with Crippen LogP contribution in [0.1, 0.15) is 40.0 Å². The van der Waals surface area contributed by atoms with Crippen molar-refractivity contribution in [3.8, 4) is 0 Å². The Morgan fingerprint density at radius 3 is 2.18 bits per heavy atom. The Bertz CT molecular complexity index is 187. The van der Waals surface area contributed by atoms with Crippen molar-refractivity contribution in [1.82, 2.24) is 0 Å². The lowest BCUT2D eigenvalue weighted by Gasteiger charge is -2.45. The molecule has 0 radical (unpaired) electrons. The third-order valence-corrected chi connectivity index (χ3v) is 3.21. The zero-order chi connectivity index (χ0) is 8.06. The van der Waals surface area contributed by atoms with Gasteiger partial charge in [0.15, 0.2) is 0 Å². The van der Waals surface area contributed by atoms with Crippen LogP contribution in [-0.2, 0) is 0 Å². The van der Waals surface area contributed by atoms with E-state index in [9.17, 15) is 0 Å². The average Bonchev–Trinajstić information content (AvgIpc) is 1.84. The number of allylic oxidation sites excluding steroid dienone is 2. The molecule has 0 heteroatoms. The van der Waals surface area contributed by atoms with Crippen LogP contribution in [0.5, 0.6) is 0 Å². The van der Waals surface area contributed by atoms with Gasteiger partial charge in [-0.15, -0.1) is 0 Å². The molecule has 2 bridgehead atoms. The van der Waals surface area contributed by atoms with E-state index in [1.807, 2.05) is 0 Å². The molecule has 3 aliphatic rings. The Balaban J connectivity index is 2.19. The van der Waals surface area contributed by atoms with Crippen LogP contribution >= 0.6 is 0 Å². The zero-order valence-electron chi connectivity index (χ0n) is 7.85. The maximum atomic E-state index is 2.50. The molecule has 0 spiro atoms. The summed E-state index contributed by atoms with van der Waals surface area (Å²) in [5, 5.41) is 0. The van der Waals surface area contributed by atoms with Gasteiger partial charge in [0.25, 0.3) is 0 Å². The van der Waals surface area contributed by atoms with Crippen LogP contribution in [0.2, 0.25) is 0 Å². The number of fused-ring (bicyclic) bond motifs is 1. The van der Waals surface area contributed by atoms with E-state index in [0.717, 1.165) is 11.8 Å². The highest BCUT2D eigenvalue weighted by atomic mass is 14.4. The van der Waals surface area contributed by atoms with Gasteiger partial charge in [-0.1, -0.05) is 32.4 Å². The third-order valence-electron chi connectivity index (χ3n) is 3.21. The Kier molecular flexibility index (Phi) is 1.42. The van der Waals surface area contributed by atoms with E-state index in [0.29, 0.717) is 5.41 Å². The Morgan fingerprint density at radius 1 is 1.27 bits per heavy atom. The molecule has 0 amide bonds. The van der Waals surface area contributed by atoms with Gasteiger partial charge in [0.05, 0.1) is 0 Å². The van der Waals surface area contributed by atoms with Crippen LogP contribution in [0.4, 0.5) is 0 Å². The smallest absolute Gasteiger partial charge is 0.0170 e. The van der Waals surface area contributed by atoms with E-state index < -0.39 is 0 Å². The maximum absolute atomic E-state index is 2.50. The summed E-state index contributed by atoms with van der Waals surface area (Å²) in [5.41, 5.74) is 2.18. The first-order valence-corrected chi connectivity index (χ1v) is 4.78. The lowest BCUT2D eigenvalue weighted by molar-refractivity contribution is 0.180. The largest absolute Gasteiger partial charge is 0.0842 e. The quantitative estimate of drug-likeness (QED) is 0.464. The fraction of sp³-hybridized carbons (Fsp3) is 0.818. The fourth-order valence-electron chi connectivity index (χ4n) is 2.56. The molecule has 0 heterocycles. The molecule has 11 heavy (non-hydrogen) atoms. The summed E-state index contributed by atoms with van der Waals surface area (Å²) in [6, 6.07) is 0. The van der Waals surface area contributed by atoms with E-state index in [4.69, 9.17) is 0 Å². The molecular formula is C11H18. The highest BCUT2D eigenvalue weighted by molar-refractivity contribution is 5.22. The summed E-state index contributed by atoms with van der Waals surface area (Å²) in [4.78, 5) is 0. The molecule has 1 saturated carbocycles. The van der Waals surface area contributed by atoms with Gasteiger partial charge >= 0.3 is 0 Å². The summed E-state index contributed by atoms with van der Waals surface area (Å²) in [7, 11) is 0. The highest BCUT2D eigenvalue weighted by Crippen LogP contribution is 2.50. The summed E-state index contributed by atoms with van der Waals surface area (Å²) < 4.78 is 0. The Labute approximate surface area is 69.7 Å². The maximum Gasteiger partial charge on any atom is -0.0170 e. The second-order valence-corrected chi connectivity index (χ2v) is 5.18. The molecule has 0 unspecified atom stereocenters. The first-order valence-electron chi connectivity index (χ1n) is 4.78. The fourth-order valence-corrected chi connectivity index (χ4v) is 2.56. The van der Waals surface area contributed by atoms with Gasteiger partial charge in [-0.3, -0.25) is 0 Å². The predicted molar refractivity (Wildman–Crippen MR) is 48.4 cm³/mol. The molecule has 0 atom stereocenters. The van der Waals surface area contributed by atoms with Crippen LogP contribution in [0.25, 0.3) is 0 Å². The van der Waals surface area contributed by atoms with Crippen molar-refractivity contribution < 1.29 is 0 Å². The SMILES string of the molecule is CC(C)(C)C1=CCC2CC1C2. The topological polar surface area (TPSA) is 0 Å². The van der Waals surface area contributed by atoms with E-state index in [-0.39, 0.29) is 0 Å². The molecule has 0 aromatic carbocycles. The highest BCUT2D eigenvalue weighted by Gasteiger charge is 2.38. The second kappa shape index (κ2) is 2.12. The first kappa shape index (κ1) is 7.39. The molecule has 1 fully saturated rings. The van der Waals surface area contributed by atoms with E-state index >= 15 is 0 Å². The first-order chi connectivity index (χ1) is 5.07. The molecule has 3 rings (SSSR count). The minimum absolute atomic E-state index is 0.441. The van der Waals surface area contributed by atoms with Crippen molar-refractivity contribution in [3.05, 3.63) is 11.6 Å². The van der Waals surface area contributed by atoms with Gasteiger partial charge in [0, 0.05) is 0 Å². The van der Waals surface area contributed by atoms with Crippen LogP contribution in [0.15, 0.2) is 11.6 Å². The average molecular weight is 150 g/mol. The van der Waals surface area contributed by atoms with Gasteiger partial charge < -0.3 is 0 Å². The summed E-state index contributed by atoms with van der Waals surface area (Å²) in [5.74, 6) is 2.03. The van der Waals surface area contributed by atoms with Crippen LogP contribution in [0.3, 0.4) is 0 Å². The summed E-state index contributed by atoms with van der Waals surface area (Å²) in [6.07, 6.45) is 6.84. The zero-order valence-corrected chi connectivity index (χ0v) is 7.85. The van der Waals surface area contributed by atoms with Crippen molar-refractivity contribution in [2.45, 2.75) is 40.0 Å². The van der Waals surface area contributed by atoms with Gasteiger partial charge in [-0.2, -0.15) is 0 Å². The standard InChI is InChI=1S/C11H18/c1-11(2,3)10-5-4-8-6-9(10)7-8/h5,8-9H,4,6-7H2,1-3H3. The van der Waals surface area contributed by atoms with Crippen molar-refractivity contribution in [3.63, 3.8) is 0 Å². The normalized spacial score (nSPS) is 36.1. The minimum Gasteiger partial charge on any atom is -0.0842 e. The van der Waals surface area contributed by atoms with E-state index in [2.05, 4.69) is 26.8 Å². The molecular weight excluding hydrogens is 132 g/mol. The molecule has 0 saturated heterocycles. The van der Waals surface area contributed by atoms with Gasteiger partial charge in [-0.25, -0.2) is 0 Å². The van der Waals surface area contributed by atoms with Gasteiger partial charge in [0.2, 0.25) is 0 Å². The summed E-state index contributed by atoms with van der Waals surface area (Å²) in [6.45, 7) is 7.03. The van der Waals surface area contributed by atoms with Crippen LogP contribution < -0.4 is 0 Å². The lowest BCUT2D eigenvalue weighted by Crippen LogP contribution is -2.33. The third kappa shape index (κ3) is 1.13. The molecule has 62 valence electrons. The molecule has 3 aliphatic carbocycles. The number of rotatable bonds is 0. The van der Waals surface area contributed by atoms with Crippen molar-refractivity contribution in [1.29, 1.82) is 0 Å². The van der Waals surface area contributed by atoms with E-state index in [1.54, 1.807) is 5.57 Å². The molecule has 0 N–H and O–H groups in total. The number of hydrogen-bond acceptors (Lipinski definition) is 0. The Morgan fingerprint density at radius 2 is 1.91 bits per heavy atom. The molecule has 0 aromatic heterocycles. The van der Waals surface area contributed by atoms with E-state index in [1.165, 1.54) is 19.3 Å². The number of hydrogen-bond donors (Lipinski definition) is 0. The van der Waals surface area contributed by atoms with Crippen molar-refractivity contribution in [2.24, 2.45) is 17.3 Å².